The molecule has 0 bridgehead atoms. The predicted octanol–water partition coefficient (Wildman–Crippen LogP) is 4.15. The summed E-state index contributed by atoms with van der Waals surface area (Å²) < 4.78 is 7.99. The Morgan fingerprint density at radius 2 is 2.27 bits per heavy atom. The highest BCUT2D eigenvalue weighted by Crippen LogP contribution is 2.31. The number of benzene rings is 1. The molecule has 2 heterocycles. The van der Waals surface area contributed by atoms with Gasteiger partial charge >= 0.3 is 0 Å². The van der Waals surface area contributed by atoms with Crippen LogP contribution in [-0.2, 0) is 4.74 Å². The van der Waals surface area contributed by atoms with Gasteiger partial charge in [-0.15, -0.1) is 0 Å². The fourth-order valence-electron chi connectivity index (χ4n) is 3.02. The van der Waals surface area contributed by atoms with Crippen LogP contribution in [-0.4, -0.2) is 29.6 Å². The molecule has 1 unspecified atom stereocenters. The number of hydrogen-bond donors (Lipinski definition) is 0. The number of hydrogen-bond acceptors (Lipinski definition) is 3. The highest BCUT2D eigenvalue weighted by Gasteiger charge is 2.21. The van der Waals surface area contributed by atoms with Crippen LogP contribution in [0.5, 0.6) is 0 Å². The second-order valence-electron chi connectivity index (χ2n) is 5.77. The van der Waals surface area contributed by atoms with E-state index in [4.69, 9.17) is 9.84 Å². The number of rotatable bonds is 3. The standard InChI is InChI=1S/C18H23N3O/c1-4-14(12-19-3)18-15-11-13(2)8-9-16(15)21(20-18)17-7-5-6-10-22-17/h4,8-9,11-12,17H,5-7,10H2,1-3H3/b14-4+,19-12?. The Bertz CT molecular complexity index is 721. The zero-order valence-electron chi connectivity index (χ0n) is 13.5. The van der Waals surface area contributed by atoms with Crippen molar-refractivity contribution in [3.8, 4) is 0 Å². The molecule has 0 radical (unpaired) electrons. The molecule has 1 aromatic heterocycles. The molecule has 4 heteroatoms. The zero-order chi connectivity index (χ0) is 15.5. The first-order valence-corrected chi connectivity index (χ1v) is 7.94. The Kier molecular flexibility index (Phi) is 4.39. The molecule has 0 aliphatic carbocycles. The summed E-state index contributed by atoms with van der Waals surface area (Å²) in [5, 5.41) is 6.04. The van der Waals surface area contributed by atoms with Gasteiger partial charge in [-0.05, 0) is 45.2 Å². The summed E-state index contributed by atoms with van der Waals surface area (Å²) in [6.07, 6.45) is 7.34. The van der Waals surface area contributed by atoms with Gasteiger partial charge in [0.15, 0.2) is 6.23 Å². The van der Waals surface area contributed by atoms with E-state index in [0.29, 0.717) is 0 Å². The summed E-state index contributed by atoms with van der Waals surface area (Å²) in [4.78, 5) is 4.16. The molecule has 0 spiro atoms. The first-order valence-electron chi connectivity index (χ1n) is 7.94. The lowest BCUT2D eigenvalue weighted by Gasteiger charge is -2.23. The number of allylic oxidation sites excluding steroid dienone is 2. The number of fused-ring (bicyclic) bond motifs is 1. The summed E-state index contributed by atoms with van der Waals surface area (Å²) in [6.45, 7) is 4.95. The molecule has 1 aliphatic rings. The number of nitrogens with zero attached hydrogens (tertiary/aromatic N) is 3. The SMILES string of the molecule is C/C=C(\C=NC)c1nn(C2CCCCO2)c2ccc(C)cc12. The monoisotopic (exact) mass is 297 g/mol. The Morgan fingerprint density at radius 1 is 1.41 bits per heavy atom. The van der Waals surface area contributed by atoms with Crippen molar-refractivity contribution < 1.29 is 4.74 Å². The van der Waals surface area contributed by atoms with E-state index in [1.807, 2.05) is 13.1 Å². The topological polar surface area (TPSA) is 39.4 Å². The maximum Gasteiger partial charge on any atom is 0.150 e. The van der Waals surface area contributed by atoms with Gasteiger partial charge in [-0.1, -0.05) is 17.7 Å². The molecule has 2 aromatic rings. The van der Waals surface area contributed by atoms with Gasteiger partial charge in [-0.3, -0.25) is 4.99 Å². The van der Waals surface area contributed by atoms with E-state index in [0.717, 1.165) is 36.2 Å². The molecular formula is C18H23N3O. The second kappa shape index (κ2) is 6.44. The van der Waals surface area contributed by atoms with Crippen molar-refractivity contribution in [1.29, 1.82) is 0 Å². The van der Waals surface area contributed by atoms with Gasteiger partial charge in [0.25, 0.3) is 0 Å². The van der Waals surface area contributed by atoms with Crippen molar-refractivity contribution in [2.45, 2.75) is 39.3 Å². The summed E-state index contributed by atoms with van der Waals surface area (Å²) >= 11 is 0. The van der Waals surface area contributed by atoms with Gasteiger partial charge in [0.1, 0.15) is 5.69 Å². The minimum Gasteiger partial charge on any atom is -0.356 e. The highest BCUT2D eigenvalue weighted by atomic mass is 16.5. The predicted molar refractivity (Wildman–Crippen MR) is 91.4 cm³/mol. The van der Waals surface area contributed by atoms with E-state index in [1.54, 1.807) is 7.05 Å². The van der Waals surface area contributed by atoms with Crippen LogP contribution in [0.3, 0.4) is 0 Å². The Hall–Kier alpha value is -1.94. The van der Waals surface area contributed by atoms with Gasteiger partial charge in [0.05, 0.1) is 5.52 Å². The normalized spacial score (nSPS) is 20.1. The summed E-state index contributed by atoms with van der Waals surface area (Å²) in [7, 11) is 1.79. The van der Waals surface area contributed by atoms with E-state index < -0.39 is 0 Å². The van der Waals surface area contributed by atoms with Crippen LogP contribution in [0, 0.1) is 6.92 Å². The Morgan fingerprint density at radius 3 is 2.95 bits per heavy atom. The average Bonchev–Trinajstić information content (AvgIpc) is 2.92. The minimum atomic E-state index is 0.0457. The molecule has 1 atom stereocenters. The van der Waals surface area contributed by atoms with Crippen molar-refractivity contribution in [3.05, 3.63) is 35.5 Å². The number of aromatic nitrogens is 2. The zero-order valence-corrected chi connectivity index (χ0v) is 13.5. The number of ether oxygens (including phenoxy) is 1. The fraction of sp³-hybridized carbons (Fsp3) is 0.444. The maximum absolute atomic E-state index is 5.94. The molecule has 4 nitrogen and oxygen atoms in total. The average molecular weight is 297 g/mol. The van der Waals surface area contributed by atoms with Gasteiger partial charge < -0.3 is 4.74 Å². The first-order chi connectivity index (χ1) is 10.7. The summed E-state index contributed by atoms with van der Waals surface area (Å²) in [5.74, 6) is 0. The van der Waals surface area contributed by atoms with Crippen LogP contribution in [0.4, 0.5) is 0 Å². The second-order valence-corrected chi connectivity index (χ2v) is 5.77. The van der Waals surface area contributed by atoms with Crippen molar-refractivity contribution in [3.63, 3.8) is 0 Å². The van der Waals surface area contributed by atoms with Crippen LogP contribution >= 0.6 is 0 Å². The third-order valence-electron chi connectivity index (χ3n) is 4.14. The minimum absolute atomic E-state index is 0.0457. The summed E-state index contributed by atoms with van der Waals surface area (Å²) in [6, 6.07) is 6.48. The molecule has 1 aliphatic heterocycles. The molecule has 116 valence electrons. The van der Waals surface area contributed by atoms with Gasteiger partial charge in [-0.25, -0.2) is 4.68 Å². The molecule has 0 N–H and O–H groups in total. The van der Waals surface area contributed by atoms with E-state index in [1.165, 1.54) is 17.4 Å². The van der Waals surface area contributed by atoms with Crippen LogP contribution in [0.2, 0.25) is 0 Å². The van der Waals surface area contributed by atoms with Gasteiger partial charge in [0.2, 0.25) is 0 Å². The van der Waals surface area contributed by atoms with Crippen LogP contribution < -0.4 is 0 Å². The first kappa shape index (κ1) is 15.0. The molecule has 0 saturated carbocycles. The molecule has 0 amide bonds. The molecular weight excluding hydrogens is 274 g/mol. The Balaban J connectivity index is 2.17. The smallest absolute Gasteiger partial charge is 0.150 e. The van der Waals surface area contributed by atoms with Crippen LogP contribution in [0.25, 0.3) is 16.5 Å². The fourth-order valence-corrected chi connectivity index (χ4v) is 3.02. The largest absolute Gasteiger partial charge is 0.356 e. The van der Waals surface area contributed by atoms with E-state index in [2.05, 4.69) is 40.9 Å². The van der Waals surface area contributed by atoms with Crippen molar-refractivity contribution >= 4 is 22.7 Å². The Labute approximate surface area is 131 Å². The highest BCUT2D eigenvalue weighted by molar-refractivity contribution is 6.13. The van der Waals surface area contributed by atoms with Crippen LogP contribution in [0.15, 0.2) is 29.3 Å². The van der Waals surface area contributed by atoms with Crippen molar-refractivity contribution in [1.82, 2.24) is 9.78 Å². The van der Waals surface area contributed by atoms with E-state index >= 15 is 0 Å². The quantitative estimate of drug-likeness (QED) is 0.798. The van der Waals surface area contributed by atoms with Gasteiger partial charge in [0, 0.05) is 30.8 Å². The molecule has 1 aromatic carbocycles. The van der Waals surface area contributed by atoms with E-state index in [-0.39, 0.29) is 6.23 Å². The molecule has 3 rings (SSSR count). The number of aryl methyl sites for hydroxylation is 1. The maximum atomic E-state index is 5.94. The lowest BCUT2D eigenvalue weighted by Crippen LogP contribution is -2.19. The molecule has 1 fully saturated rings. The van der Waals surface area contributed by atoms with Crippen molar-refractivity contribution in [2.75, 3.05) is 13.7 Å². The van der Waals surface area contributed by atoms with Crippen LogP contribution in [0.1, 0.15) is 43.7 Å². The molecule has 1 saturated heterocycles. The van der Waals surface area contributed by atoms with Gasteiger partial charge in [-0.2, -0.15) is 5.10 Å². The molecule has 22 heavy (non-hydrogen) atoms. The third-order valence-corrected chi connectivity index (χ3v) is 4.14. The lowest BCUT2D eigenvalue weighted by atomic mass is 10.1. The van der Waals surface area contributed by atoms with E-state index in [9.17, 15) is 0 Å². The lowest BCUT2D eigenvalue weighted by molar-refractivity contribution is -0.0367. The number of aliphatic imine (C=N–C) groups is 1. The van der Waals surface area contributed by atoms with Crippen molar-refractivity contribution in [2.24, 2.45) is 4.99 Å². The summed E-state index contributed by atoms with van der Waals surface area (Å²) in [5.41, 5.74) is 4.41. The third kappa shape index (κ3) is 2.71.